The van der Waals surface area contributed by atoms with Crippen LogP contribution >= 0.6 is 0 Å². The van der Waals surface area contributed by atoms with E-state index in [-0.39, 0.29) is 5.75 Å². The second kappa shape index (κ2) is 3.74. The Kier molecular flexibility index (Phi) is 2.57. The maximum absolute atomic E-state index is 9.58. The molecule has 3 nitrogen and oxygen atoms in total. The molecule has 0 bridgehead atoms. The monoisotopic (exact) mass is 207 g/mol. The average Bonchev–Trinajstić information content (AvgIpc) is 2.95. The summed E-state index contributed by atoms with van der Waals surface area (Å²) in [5.41, 5.74) is 1.41. The van der Waals surface area contributed by atoms with Crippen LogP contribution in [-0.4, -0.2) is 17.8 Å². The molecule has 3 heteroatoms. The first kappa shape index (κ1) is 10.3. The lowest BCUT2D eigenvalue weighted by molar-refractivity contribution is 0.372. The molecule has 0 saturated heterocycles. The Morgan fingerprint density at radius 3 is 2.73 bits per heavy atom. The van der Waals surface area contributed by atoms with Crippen molar-refractivity contribution in [3.63, 3.8) is 0 Å². The molecule has 2 rings (SSSR count). The Morgan fingerprint density at radius 2 is 2.20 bits per heavy atom. The first-order valence-electron chi connectivity index (χ1n) is 5.24. The molecule has 1 aromatic carbocycles. The number of phenolic OH excluding ortho intramolecular Hbond substituents is 1. The first-order chi connectivity index (χ1) is 7.13. The number of methoxy groups -OCH3 is 1. The van der Waals surface area contributed by atoms with Crippen molar-refractivity contribution in [3.05, 3.63) is 23.8 Å². The molecule has 0 atom stereocenters. The van der Waals surface area contributed by atoms with Crippen LogP contribution in [-0.2, 0) is 6.54 Å². The van der Waals surface area contributed by atoms with Crippen molar-refractivity contribution in [2.24, 2.45) is 0 Å². The summed E-state index contributed by atoms with van der Waals surface area (Å²) < 4.78 is 4.99. The molecule has 15 heavy (non-hydrogen) atoms. The molecular formula is C12H17NO2. The second-order valence-electron chi connectivity index (χ2n) is 4.42. The zero-order valence-electron chi connectivity index (χ0n) is 9.21. The highest BCUT2D eigenvalue weighted by Crippen LogP contribution is 2.35. The lowest BCUT2D eigenvalue weighted by Gasteiger charge is -2.12. The Labute approximate surface area is 90.1 Å². The van der Waals surface area contributed by atoms with E-state index in [1.807, 2.05) is 6.07 Å². The molecule has 82 valence electrons. The first-order valence-corrected chi connectivity index (χ1v) is 5.24. The maximum Gasteiger partial charge on any atom is 0.160 e. The zero-order chi connectivity index (χ0) is 10.9. The average molecular weight is 207 g/mol. The van der Waals surface area contributed by atoms with Crippen molar-refractivity contribution in [2.75, 3.05) is 7.11 Å². The minimum absolute atomic E-state index is 0.206. The fraction of sp³-hybridized carbons (Fsp3) is 0.500. The topological polar surface area (TPSA) is 41.5 Å². The van der Waals surface area contributed by atoms with Gasteiger partial charge in [-0.1, -0.05) is 6.07 Å². The SMILES string of the molecule is COc1ccc(CNC2(C)CC2)cc1O. The predicted molar refractivity (Wildman–Crippen MR) is 59.1 cm³/mol. The lowest BCUT2D eigenvalue weighted by Crippen LogP contribution is -2.26. The standard InChI is InChI=1S/C12H17NO2/c1-12(5-6-12)13-8-9-3-4-11(15-2)10(14)7-9/h3-4,7,13-14H,5-6,8H2,1-2H3. The number of hydrogen-bond donors (Lipinski definition) is 2. The lowest BCUT2D eigenvalue weighted by atomic mass is 10.2. The van der Waals surface area contributed by atoms with Gasteiger partial charge in [-0.2, -0.15) is 0 Å². The van der Waals surface area contributed by atoms with Gasteiger partial charge in [-0.15, -0.1) is 0 Å². The van der Waals surface area contributed by atoms with Crippen molar-refractivity contribution < 1.29 is 9.84 Å². The van der Waals surface area contributed by atoms with E-state index >= 15 is 0 Å². The summed E-state index contributed by atoms with van der Waals surface area (Å²) in [6.07, 6.45) is 2.49. The molecule has 1 saturated carbocycles. The van der Waals surface area contributed by atoms with Gasteiger partial charge in [-0.25, -0.2) is 0 Å². The zero-order valence-corrected chi connectivity index (χ0v) is 9.21. The Balaban J connectivity index is 1.99. The van der Waals surface area contributed by atoms with Gasteiger partial charge < -0.3 is 15.2 Å². The summed E-state index contributed by atoms with van der Waals surface area (Å²) >= 11 is 0. The third-order valence-corrected chi connectivity index (χ3v) is 2.96. The summed E-state index contributed by atoms with van der Waals surface area (Å²) in [6, 6.07) is 5.51. The van der Waals surface area contributed by atoms with Gasteiger partial charge >= 0.3 is 0 Å². The van der Waals surface area contributed by atoms with E-state index in [1.165, 1.54) is 12.8 Å². The molecule has 1 aliphatic rings. The molecule has 0 heterocycles. The molecule has 0 amide bonds. The predicted octanol–water partition coefficient (Wildman–Crippen LogP) is 2.04. The number of aromatic hydroxyl groups is 1. The largest absolute Gasteiger partial charge is 0.504 e. The molecule has 0 aliphatic heterocycles. The number of phenols is 1. The van der Waals surface area contributed by atoms with Crippen LogP contribution in [0, 0.1) is 0 Å². The molecule has 1 fully saturated rings. The van der Waals surface area contributed by atoms with Crippen LogP contribution in [0.5, 0.6) is 11.5 Å². The summed E-state index contributed by atoms with van der Waals surface area (Å²) in [4.78, 5) is 0. The Bertz CT molecular complexity index is 359. The third kappa shape index (κ3) is 2.42. The van der Waals surface area contributed by atoms with Crippen LogP contribution < -0.4 is 10.1 Å². The van der Waals surface area contributed by atoms with Gasteiger partial charge in [-0.3, -0.25) is 0 Å². The third-order valence-electron chi connectivity index (χ3n) is 2.96. The molecule has 0 aromatic heterocycles. The Morgan fingerprint density at radius 1 is 1.47 bits per heavy atom. The second-order valence-corrected chi connectivity index (χ2v) is 4.42. The normalized spacial score (nSPS) is 17.5. The number of hydrogen-bond acceptors (Lipinski definition) is 3. The van der Waals surface area contributed by atoms with Gasteiger partial charge in [0, 0.05) is 12.1 Å². The van der Waals surface area contributed by atoms with Crippen molar-refractivity contribution in [2.45, 2.75) is 31.8 Å². The number of rotatable bonds is 4. The quantitative estimate of drug-likeness (QED) is 0.794. The summed E-state index contributed by atoms with van der Waals surface area (Å²) in [6.45, 7) is 3.02. The van der Waals surface area contributed by atoms with Crippen LogP contribution in [0.15, 0.2) is 18.2 Å². The Hall–Kier alpha value is -1.22. The van der Waals surface area contributed by atoms with Crippen LogP contribution in [0.3, 0.4) is 0 Å². The van der Waals surface area contributed by atoms with Crippen LogP contribution in [0.25, 0.3) is 0 Å². The van der Waals surface area contributed by atoms with Crippen molar-refractivity contribution in [1.29, 1.82) is 0 Å². The highest BCUT2D eigenvalue weighted by atomic mass is 16.5. The van der Waals surface area contributed by atoms with E-state index in [2.05, 4.69) is 12.2 Å². The summed E-state index contributed by atoms with van der Waals surface area (Å²) in [5, 5.41) is 13.0. The van der Waals surface area contributed by atoms with E-state index in [9.17, 15) is 5.11 Å². The van der Waals surface area contributed by atoms with E-state index in [4.69, 9.17) is 4.74 Å². The van der Waals surface area contributed by atoms with Crippen LogP contribution in [0.4, 0.5) is 0 Å². The van der Waals surface area contributed by atoms with Gasteiger partial charge in [0.1, 0.15) is 0 Å². The number of benzene rings is 1. The number of nitrogens with one attached hydrogen (secondary N) is 1. The molecular weight excluding hydrogens is 190 g/mol. The maximum atomic E-state index is 9.58. The van der Waals surface area contributed by atoms with E-state index in [0.29, 0.717) is 11.3 Å². The molecule has 2 N–H and O–H groups in total. The molecule has 1 aromatic rings. The van der Waals surface area contributed by atoms with Crippen LogP contribution in [0.1, 0.15) is 25.3 Å². The van der Waals surface area contributed by atoms with Gasteiger partial charge in [0.2, 0.25) is 0 Å². The molecule has 1 aliphatic carbocycles. The number of ether oxygens (including phenoxy) is 1. The summed E-state index contributed by atoms with van der Waals surface area (Å²) in [7, 11) is 1.55. The van der Waals surface area contributed by atoms with E-state index in [1.54, 1.807) is 19.2 Å². The highest BCUT2D eigenvalue weighted by Gasteiger charge is 2.36. The van der Waals surface area contributed by atoms with E-state index in [0.717, 1.165) is 12.1 Å². The molecule has 0 radical (unpaired) electrons. The van der Waals surface area contributed by atoms with E-state index < -0.39 is 0 Å². The van der Waals surface area contributed by atoms with Gasteiger partial charge in [-0.05, 0) is 37.5 Å². The fourth-order valence-electron chi connectivity index (χ4n) is 1.53. The van der Waals surface area contributed by atoms with Gasteiger partial charge in [0.25, 0.3) is 0 Å². The minimum atomic E-state index is 0.206. The smallest absolute Gasteiger partial charge is 0.160 e. The molecule has 0 unspecified atom stereocenters. The van der Waals surface area contributed by atoms with Gasteiger partial charge in [0.15, 0.2) is 11.5 Å². The summed E-state index contributed by atoms with van der Waals surface area (Å²) in [5.74, 6) is 0.731. The minimum Gasteiger partial charge on any atom is -0.504 e. The van der Waals surface area contributed by atoms with Crippen molar-refractivity contribution in [1.82, 2.24) is 5.32 Å². The fourth-order valence-corrected chi connectivity index (χ4v) is 1.53. The van der Waals surface area contributed by atoms with Crippen molar-refractivity contribution in [3.8, 4) is 11.5 Å². The highest BCUT2D eigenvalue weighted by molar-refractivity contribution is 5.41. The van der Waals surface area contributed by atoms with Crippen molar-refractivity contribution >= 4 is 0 Å². The van der Waals surface area contributed by atoms with Gasteiger partial charge in [0.05, 0.1) is 7.11 Å². The molecule has 0 spiro atoms. The van der Waals surface area contributed by atoms with Crippen LogP contribution in [0.2, 0.25) is 0 Å².